The zero-order chi connectivity index (χ0) is 18.3. The van der Waals surface area contributed by atoms with Crippen molar-refractivity contribution in [2.75, 3.05) is 18.4 Å². The Labute approximate surface area is 152 Å². The van der Waals surface area contributed by atoms with Gasteiger partial charge in [-0.2, -0.15) is 0 Å². The minimum Gasteiger partial charge on any atom is -0.456 e. The van der Waals surface area contributed by atoms with Crippen molar-refractivity contribution in [3.63, 3.8) is 0 Å². The summed E-state index contributed by atoms with van der Waals surface area (Å²) in [6.45, 7) is 7.31. The van der Waals surface area contributed by atoms with Gasteiger partial charge < -0.3 is 14.6 Å². The van der Waals surface area contributed by atoms with Gasteiger partial charge in [0.2, 0.25) is 0 Å². The number of aromatic nitrogens is 3. The van der Waals surface area contributed by atoms with Gasteiger partial charge in [-0.1, -0.05) is 6.92 Å². The third-order valence-electron chi connectivity index (χ3n) is 4.82. The largest absolute Gasteiger partial charge is 0.456 e. The molecule has 1 amide bonds. The Morgan fingerprint density at radius 1 is 1.38 bits per heavy atom. The summed E-state index contributed by atoms with van der Waals surface area (Å²) in [4.78, 5) is 18.9. The van der Waals surface area contributed by atoms with Crippen molar-refractivity contribution >= 4 is 17.4 Å². The van der Waals surface area contributed by atoms with E-state index in [1.165, 1.54) is 0 Å². The molecule has 1 saturated heterocycles. The van der Waals surface area contributed by atoms with E-state index in [9.17, 15) is 4.79 Å². The third-order valence-corrected chi connectivity index (χ3v) is 4.82. The van der Waals surface area contributed by atoms with Crippen LogP contribution in [-0.2, 0) is 6.42 Å². The summed E-state index contributed by atoms with van der Waals surface area (Å²) in [5.41, 5.74) is 2.81. The average Bonchev–Trinajstić information content (AvgIpc) is 3.31. The number of carbonyl (C=O) groups excluding carboxylic acids is 1. The van der Waals surface area contributed by atoms with Crippen LogP contribution >= 0.6 is 0 Å². The van der Waals surface area contributed by atoms with Crippen molar-refractivity contribution in [3.8, 4) is 0 Å². The quantitative estimate of drug-likeness (QED) is 0.780. The third kappa shape index (κ3) is 3.05. The molecule has 1 unspecified atom stereocenters. The number of nitrogens with one attached hydrogen (secondary N) is 1. The van der Waals surface area contributed by atoms with Gasteiger partial charge in [0.1, 0.15) is 11.6 Å². The summed E-state index contributed by atoms with van der Waals surface area (Å²) < 4.78 is 7.48. The van der Waals surface area contributed by atoms with Gasteiger partial charge in [-0.15, -0.1) is 5.10 Å². The van der Waals surface area contributed by atoms with Crippen LogP contribution in [0.2, 0.25) is 0 Å². The topological polar surface area (TPSA) is 75.7 Å². The molecule has 4 heterocycles. The Hall–Kier alpha value is -2.83. The summed E-state index contributed by atoms with van der Waals surface area (Å²) in [6, 6.07) is 5.89. The summed E-state index contributed by atoms with van der Waals surface area (Å²) in [6.07, 6.45) is 3.58. The van der Waals surface area contributed by atoms with Crippen LogP contribution in [0.5, 0.6) is 0 Å². The molecule has 0 radical (unpaired) electrons. The molecule has 0 aliphatic carbocycles. The lowest BCUT2D eigenvalue weighted by Gasteiger charge is -2.16. The van der Waals surface area contributed by atoms with E-state index < -0.39 is 0 Å². The number of hydrogen-bond acceptors (Lipinski definition) is 5. The summed E-state index contributed by atoms with van der Waals surface area (Å²) >= 11 is 0. The zero-order valence-corrected chi connectivity index (χ0v) is 15.3. The van der Waals surface area contributed by atoms with E-state index >= 15 is 0 Å². The van der Waals surface area contributed by atoms with Crippen LogP contribution in [0.25, 0.3) is 5.65 Å². The first-order chi connectivity index (χ1) is 12.5. The standard InChI is InChI=1S/C19H23N5O2/c1-4-15-12(2)9-16(26-15)19(25)23-8-7-14(11-23)21-17-5-6-18-20-13(3)10-24(18)22-17/h5-6,9-10,14H,4,7-8,11H2,1-3H3,(H,21,22). The van der Waals surface area contributed by atoms with E-state index in [0.717, 1.165) is 41.3 Å². The van der Waals surface area contributed by atoms with E-state index in [1.54, 1.807) is 4.52 Å². The first-order valence-electron chi connectivity index (χ1n) is 9.01. The van der Waals surface area contributed by atoms with E-state index in [4.69, 9.17) is 4.42 Å². The van der Waals surface area contributed by atoms with Crippen molar-refractivity contribution in [2.24, 2.45) is 0 Å². The Kier molecular flexibility index (Phi) is 4.14. The number of amides is 1. The number of carbonyl (C=O) groups is 1. The Balaban J connectivity index is 1.43. The highest BCUT2D eigenvalue weighted by molar-refractivity contribution is 5.92. The van der Waals surface area contributed by atoms with Crippen LogP contribution in [-0.4, -0.2) is 44.5 Å². The van der Waals surface area contributed by atoms with Gasteiger partial charge in [-0.3, -0.25) is 4.79 Å². The first kappa shape index (κ1) is 16.6. The van der Waals surface area contributed by atoms with Crippen LogP contribution in [0.1, 0.15) is 40.9 Å². The molecule has 0 saturated carbocycles. The van der Waals surface area contributed by atoms with Crippen LogP contribution in [0.3, 0.4) is 0 Å². The average molecular weight is 353 g/mol. The highest BCUT2D eigenvalue weighted by atomic mass is 16.4. The fraction of sp³-hybridized carbons (Fsp3) is 0.421. The fourth-order valence-corrected chi connectivity index (χ4v) is 3.48. The Bertz CT molecular complexity index is 958. The van der Waals surface area contributed by atoms with Crippen molar-refractivity contribution in [2.45, 2.75) is 39.7 Å². The number of anilines is 1. The van der Waals surface area contributed by atoms with Crippen molar-refractivity contribution in [3.05, 3.63) is 47.2 Å². The molecule has 1 aliphatic rings. The number of nitrogens with zero attached hydrogens (tertiary/aromatic N) is 4. The predicted octanol–water partition coefficient (Wildman–Crippen LogP) is 2.83. The summed E-state index contributed by atoms with van der Waals surface area (Å²) in [7, 11) is 0. The monoisotopic (exact) mass is 353 g/mol. The van der Waals surface area contributed by atoms with Crippen molar-refractivity contribution in [1.29, 1.82) is 0 Å². The van der Waals surface area contributed by atoms with E-state index in [0.29, 0.717) is 18.8 Å². The predicted molar refractivity (Wildman–Crippen MR) is 98.5 cm³/mol. The van der Waals surface area contributed by atoms with Crippen molar-refractivity contribution < 1.29 is 9.21 Å². The van der Waals surface area contributed by atoms with Gasteiger partial charge in [0, 0.05) is 25.6 Å². The molecule has 7 nitrogen and oxygen atoms in total. The van der Waals surface area contributed by atoms with Gasteiger partial charge >= 0.3 is 0 Å². The Morgan fingerprint density at radius 3 is 3.00 bits per heavy atom. The second kappa shape index (κ2) is 6.48. The lowest BCUT2D eigenvalue weighted by Crippen LogP contribution is -2.31. The van der Waals surface area contributed by atoms with Crippen LogP contribution in [0, 0.1) is 13.8 Å². The molecule has 136 valence electrons. The first-order valence-corrected chi connectivity index (χ1v) is 9.01. The number of imidazole rings is 1. The van der Waals surface area contributed by atoms with Crippen LogP contribution in [0.4, 0.5) is 5.82 Å². The minimum atomic E-state index is -0.0363. The van der Waals surface area contributed by atoms with Gasteiger partial charge in [0.05, 0.1) is 11.9 Å². The number of aryl methyl sites for hydroxylation is 3. The van der Waals surface area contributed by atoms with Gasteiger partial charge in [-0.05, 0) is 44.0 Å². The lowest BCUT2D eigenvalue weighted by atomic mass is 10.2. The maximum Gasteiger partial charge on any atom is 0.289 e. The van der Waals surface area contributed by atoms with Crippen LogP contribution in [0.15, 0.2) is 28.8 Å². The lowest BCUT2D eigenvalue weighted by molar-refractivity contribution is 0.0758. The van der Waals surface area contributed by atoms with Crippen LogP contribution < -0.4 is 5.32 Å². The number of furan rings is 1. The molecule has 1 aliphatic heterocycles. The summed E-state index contributed by atoms with van der Waals surface area (Å²) in [5.74, 6) is 2.07. The number of rotatable bonds is 4. The van der Waals surface area contributed by atoms with E-state index in [-0.39, 0.29) is 11.9 Å². The molecular formula is C19H23N5O2. The normalized spacial score (nSPS) is 17.2. The molecule has 3 aromatic heterocycles. The molecule has 4 rings (SSSR count). The van der Waals surface area contributed by atoms with E-state index in [2.05, 4.69) is 15.4 Å². The van der Waals surface area contributed by atoms with Crippen molar-refractivity contribution in [1.82, 2.24) is 19.5 Å². The number of likely N-dealkylation sites (tertiary alicyclic amines) is 1. The SMILES string of the molecule is CCc1oc(C(=O)N2CCC(Nc3ccc4nc(C)cn4n3)C2)cc1C. The smallest absolute Gasteiger partial charge is 0.289 e. The molecule has 1 N–H and O–H groups in total. The molecule has 0 bridgehead atoms. The second-order valence-corrected chi connectivity index (χ2v) is 6.86. The molecule has 1 atom stereocenters. The number of hydrogen-bond donors (Lipinski definition) is 1. The molecule has 0 spiro atoms. The molecular weight excluding hydrogens is 330 g/mol. The molecule has 3 aromatic rings. The van der Waals surface area contributed by atoms with Gasteiger partial charge in [0.15, 0.2) is 11.4 Å². The number of fused-ring (bicyclic) bond motifs is 1. The molecule has 26 heavy (non-hydrogen) atoms. The Morgan fingerprint density at radius 2 is 2.23 bits per heavy atom. The molecule has 0 aromatic carbocycles. The fourth-order valence-electron chi connectivity index (χ4n) is 3.48. The molecule has 7 heteroatoms. The van der Waals surface area contributed by atoms with E-state index in [1.807, 2.05) is 50.1 Å². The maximum absolute atomic E-state index is 12.7. The minimum absolute atomic E-state index is 0.0363. The maximum atomic E-state index is 12.7. The second-order valence-electron chi connectivity index (χ2n) is 6.86. The van der Waals surface area contributed by atoms with Gasteiger partial charge in [0.25, 0.3) is 5.91 Å². The summed E-state index contributed by atoms with van der Waals surface area (Å²) in [5, 5.41) is 7.96. The highest BCUT2D eigenvalue weighted by Gasteiger charge is 2.29. The molecule has 1 fully saturated rings. The van der Waals surface area contributed by atoms with Gasteiger partial charge in [-0.25, -0.2) is 9.50 Å². The zero-order valence-electron chi connectivity index (χ0n) is 15.3. The highest BCUT2D eigenvalue weighted by Crippen LogP contribution is 2.21.